The molecule has 2 aromatic heterocycles. The number of carbonyl (C=O) groups is 1. The molecular formula is C18H18N4O3. The Kier molecular flexibility index (Phi) is 3.76. The molecule has 1 aromatic carbocycles. The molecular weight excluding hydrogens is 320 g/mol. The van der Waals surface area contributed by atoms with Gasteiger partial charge >= 0.3 is 6.09 Å². The third-order valence-electron chi connectivity index (χ3n) is 4.73. The number of nitrogens with one attached hydrogen (secondary N) is 2. The first-order chi connectivity index (χ1) is 12.1. The molecule has 1 aliphatic rings. The molecule has 3 N–H and O–H groups in total. The van der Waals surface area contributed by atoms with E-state index in [1.807, 2.05) is 30.3 Å². The number of aromatic nitrogens is 2. The Morgan fingerprint density at radius 2 is 2.00 bits per heavy atom. The summed E-state index contributed by atoms with van der Waals surface area (Å²) in [4.78, 5) is 31.7. The molecule has 128 valence electrons. The molecule has 1 saturated heterocycles. The molecule has 0 saturated carbocycles. The third-order valence-corrected chi connectivity index (χ3v) is 4.73. The van der Waals surface area contributed by atoms with E-state index in [4.69, 9.17) is 5.11 Å². The van der Waals surface area contributed by atoms with E-state index in [9.17, 15) is 9.59 Å². The molecule has 0 atom stereocenters. The summed E-state index contributed by atoms with van der Waals surface area (Å²) in [5.41, 5.74) is 1.35. The van der Waals surface area contributed by atoms with Gasteiger partial charge in [0.2, 0.25) is 0 Å². The van der Waals surface area contributed by atoms with Crippen LogP contribution in [0, 0.1) is 0 Å². The Balaban J connectivity index is 1.64. The highest BCUT2D eigenvalue weighted by atomic mass is 16.4. The van der Waals surface area contributed by atoms with Crippen molar-refractivity contribution in [2.45, 2.75) is 18.9 Å². The lowest BCUT2D eigenvalue weighted by molar-refractivity contribution is 0.134. The van der Waals surface area contributed by atoms with Crippen molar-refractivity contribution in [3.63, 3.8) is 0 Å². The molecule has 4 rings (SSSR count). The number of pyridine rings is 2. The zero-order chi connectivity index (χ0) is 17.4. The first kappa shape index (κ1) is 15.4. The van der Waals surface area contributed by atoms with Crippen molar-refractivity contribution < 1.29 is 9.90 Å². The number of carboxylic acid groups (broad SMARTS) is 1. The molecule has 3 heterocycles. The number of fused-ring (bicyclic) bond motifs is 3. The van der Waals surface area contributed by atoms with Crippen molar-refractivity contribution in [1.29, 1.82) is 0 Å². The van der Waals surface area contributed by atoms with Gasteiger partial charge in [0.1, 0.15) is 5.65 Å². The average Bonchev–Trinajstić information content (AvgIpc) is 2.62. The van der Waals surface area contributed by atoms with Gasteiger partial charge in [0.25, 0.3) is 5.56 Å². The summed E-state index contributed by atoms with van der Waals surface area (Å²) in [5, 5.41) is 14.9. The van der Waals surface area contributed by atoms with Gasteiger partial charge < -0.3 is 20.3 Å². The van der Waals surface area contributed by atoms with Gasteiger partial charge in [0.05, 0.1) is 0 Å². The number of hydrogen-bond acceptors (Lipinski definition) is 4. The smallest absolute Gasteiger partial charge is 0.407 e. The Bertz CT molecular complexity index is 1010. The summed E-state index contributed by atoms with van der Waals surface area (Å²) in [5.74, 6) is 0. The van der Waals surface area contributed by atoms with Crippen LogP contribution in [0.25, 0.3) is 21.8 Å². The van der Waals surface area contributed by atoms with Crippen LogP contribution in [0.5, 0.6) is 0 Å². The summed E-state index contributed by atoms with van der Waals surface area (Å²) in [7, 11) is 0. The van der Waals surface area contributed by atoms with E-state index in [1.54, 1.807) is 6.20 Å². The van der Waals surface area contributed by atoms with Gasteiger partial charge in [-0.3, -0.25) is 4.79 Å². The predicted molar refractivity (Wildman–Crippen MR) is 96.1 cm³/mol. The van der Waals surface area contributed by atoms with Crippen LogP contribution in [0.1, 0.15) is 12.8 Å². The number of likely N-dealkylation sites (tertiary alicyclic amines) is 1. The normalized spacial score (nSPS) is 15.6. The van der Waals surface area contributed by atoms with Crippen LogP contribution in [0.2, 0.25) is 0 Å². The summed E-state index contributed by atoms with van der Waals surface area (Å²) in [6, 6.07) is 9.69. The minimum absolute atomic E-state index is 0.150. The topological polar surface area (TPSA) is 98.3 Å². The van der Waals surface area contributed by atoms with E-state index < -0.39 is 6.09 Å². The number of piperidine rings is 1. The maximum atomic E-state index is 12.2. The van der Waals surface area contributed by atoms with E-state index in [2.05, 4.69) is 15.3 Å². The number of hydrogen-bond donors (Lipinski definition) is 3. The lowest BCUT2D eigenvalue weighted by Crippen LogP contribution is -2.41. The molecule has 1 aliphatic heterocycles. The van der Waals surface area contributed by atoms with E-state index >= 15 is 0 Å². The number of anilines is 1. The fourth-order valence-corrected chi connectivity index (χ4v) is 3.40. The maximum absolute atomic E-state index is 12.2. The van der Waals surface area contributed by atoms with Gasteiger partial charge in [0.15, 0.2) is 0 Å². The number of amides is 1. The van der Waals surface area contributed by atoms with Gasteiger partial charge in [-0.1, -0.05) is 0 Å². The van der Waals surface area contributed by atoms with E-state index in [1.165, 1.54) is 4.90 Å². The van der Waals surface area contributed by atoms with Gasteiger partial charge in [0, 0.05) is 47.2 Å². The monoisotopic (exact) mass is 338 g/mol. The molecule has 1 amide bonds. The van der Waals surface area contributed by atoms with Crippen molar-refractivity contribution >= 4 is 33.6 Å². The molecule has 0 bridgehead atoms. The molecule has 7 heteroatoms. The highest BCUT2D eigenvalue weighted by molar-refractivity contribution is 6.05. The van der Waals surface area contributed by atoms with E-state index in [0.717, 1.165) is 29.3 Å². The Labute approximate surface area is 143 Å². The molecule has 1 fully saturated rings. The number of aromatic amines is 1. The second-order valence-electron chi connectivity index (χ2n) is 6.30. The molecule has 3 aromatic rings. The summed E-state index contributed by atoms with van der Waals surface area (Å²) >= 11 is 0. The van der Waals surface area contributed by atoms with Gasteiger partial charge in [-0.25, -0.2) is 9.78 Å². The molecule has 0 unspecified atom stereocenters. The van der Waals surface area contributed by atoms with Gasteiger partial charge in [-0.2, -0.15) is 0 Å². The fraction of sp³-hybridized carbons (Fsp3) is 0.278. The van der Waals surface area contributed by atoms with Crippen LogP contribution in [0.15, 0.2) is 41.3 Å². The third kappa shape index (κ3) is 2.88. The molecule has 0 aliphatic carbocycles. The molecule has 0 radical (unpaired) electrons. The first-order valence-electron chi connectivity index (χ1n) is 8.27. The Morgan fingerprint density at radius 1 is 1.20 bits per heavy atom. The Morgan fingerprint density at radius 3 is 2.76 bits per heavy atom. The van der Waals surface area contributed by atoms with E-state index in [-0.39, 0.29) is 11.6 Å². The fourth-order valence-electron chi connectivity index (χ4n) is 3.40. The molecule has 7 nitrogen and oxygen atoms in total. The van der Waals surface area contributed by atoms with Gasteiger partial charge in [-0.15, -0.1) is 0 Å². The highest BCUT2D eigenvalue weighted by Gasteiger charge is 2.22. The number of H-pyrrole nitrogens is 1. The maximum Gasteiger partial charge on any atom is 0.407 e. The zero-order valence-electron chi connectivity index (χ0n) is 13.5. The SMILES string of the molecule is O=C(O)N1CCC(Nc2ccc3c(=O)[nH]c4ncccc4c3c2)CC1. The quantitative estimate of drug-likeness (QED) is 0.624. The largest absolute Gasteiger partial charge is 0.465 e. The van der Waals surface area contributed by atoms with Crippen molar-refractivity contribution in [2.75, 3.05) is 18.4 Å². The number of nitrogens with zero attached hydrogens (tertiary/aromatic N) is 2. The van der Waals surface area contributed by atoms with Crippen molar-refractivity contribution in [3.8, 4) is 0 Å². The van der Waals surface area contributed by atoms with Crippen LogP contribution < -0.4 is 10.9 Å². The minimum atomic E-state index is -0.859. The first-order valence-corrected chi connectivity index (χ1v) is 8.27. The van der Waals surface area contributed by atoms with Gasteiger partial charge in [-0.05, 0) is 43.2 Å². The van der Waals surface area contributed by atoms with Crippen LogP contribution >= 0.6 is 0 Å². The van der Waals surface area contributed by atoms with Crippen molar-refractivity contribution in [2.24, 2.45) is 0 Å². The predicted octanol–water partition coefficient (Wildman–Crippen LogP) is 2.63. The summed E-state index contributed by atoms with van der Waals surface area (Å²) in [6.07, 6.45) is 2.33. The lowest BCUT2D eigenvalue weighted by atomic mass is 10.0. The lowest BCUT2D eigenvalue weighted by Gasteiger charge is -2.31. The van der Waals surface area contributed by atoms with Crippen molar-refractivity contribution in [1.82, 2.24) is 14.9 Å². The second kappa shape index (κ2) is 6.08. The highest BCUT2D eigenvalue weighted by Crippen LogP contribution is 2.25. The number of benzene rings is 1. The average molecular weight is 338 g/mol. The summed E-state index contributed by atoms with van der Waals surface area (Å²) < 4.78 is 0. The zero-order valence-corrected chi connectivity index (χ0v) is 13.5. The molecule has 25 heavy (non-hydrogen) atoms. The van der Waals surface area contributed by atoms with Crippen LogP contribution in [-0.2, 0) is 0 Å². The van der Waals surface area contributed by atoms with Crippen LogP contribution in [0.4, 0.5) is 10.5 Å². The van der Waals surface area contributed by atoms with E-state index in [0.29, 0.717) is 24.1 Å². The standard InChI is InChI=1S/C18H18N4O3/c23-17-14-4-3-12(20-11-5-8-22(9-6-11)18(24)25)10-15(14)13-2-1-7-19-16(13)21-17/h1-4,7,10-11,20H,5-6,8-9H2,(H,24,25)(H,19,21,23). The van der Waals surface area contributed by atoms with Crippen LogP contribution in [0.3, 0.4) is 0 Å². The summed E-state index contributed by atoms with van der Waals surface area (Å²) in [6.45, 7) is 1.07. The van der Waals surface area contributed by atoms with Crippen LogP contribution in [-0.4, -0.2) is 45.2 Å². The Hall–Kier alpha value is -3.09. The second-order valence-corrected chi connectivity index (χ2v) is 6.30. The molecule has 0 spiro atoms. The number of rotatable bonds is 2. The minimum Gasteiger partial charge on any atom is -0.465 e. The van der Waals surface area contributed by atoms with Crippen molar-refractivity contribution in [3.05, 3.63) is 46.9 Å².